The summed E-state index contributed by atoms with van der Waals surface area (Å²) in [6.07, 6.45) is 0. The van der Waals surface area contributed by atoms with Gasteiger partial charge in [-0.3, -0.25) is 9.69 Å². The highest BCUT2D eigenvalue weighted by Gasteiger charge is 2.11. The molecule has 0 saturated carbocycles. The number of amides is 1. The van der Waals surface area contributed by atoms with Gasteiger partial charge < -0.3 is 5.32 Å². The fourth-order valence-electron chi connectivity index (χ4n) is 1.94. The van der Waals surface area contributed by atoms with E-state index in [1.54, 1.807) is 11.3 Å². The van der Waals surface area contributed by atoms with Crippen LogP contribution in [0.4, 0.5) is 5.69 Å². The molecule has 0 unspecified atom stereocenters. The van der Waals surface area contributed by atoms with Crippen LogP contribution in [0.25, 0.3) is 0 Å². The summed E-state index contributed by atoms with van der Waals surface area (Å²) in [6.45, 7) is 3.09. The summed E-state index contributed by atoms with van der Waals surface area (Å²) in [6, 6.07) is 7.85. The molecule has 2 rings (SSSR count). The summed E-state index contributed by atoms with van der Waals surface area (Å²) in [7, 11) is 1.94. The lowest BCUT2D eigenvalue weighted by Gasteiger charge is -2.16. The first-order valence-corrected chi connectivity index (χ1v) is 8.88. The van der Waals surface area contributed by atoms with Crippen molar-refractivity contribution in [3.63, 3.8) is 0 Å². The van der Waals surface area contributed by atoms with Gasteiger partial charge in [0.25, 0.3) is 0 Å². The molecule has 0 saturated heterocycles. The smallest absolute Gasteiger partial charge is 0.238 e. The second-order valence-electron chi connectivity index (χ2n) is 4.87. The monoisotopic (exact) mass is 430 g/mol. The first-order valence-electron chi connectivity index (χ1n) is 6.42. The van der Waals surface area contributed by atoms with E-state index in [9.17, 15) is 4.79 Å². The number of aryl methyl sites for hydroxylation is 1. The van der Waals surface area contributed by atoms with Gasteiger partial charge in [0.15, 0.2) is 0 Å². The van der Waals surface area contributed by atoms with E-state index >= 15 is 0 Å². The molecular formula is C15H16Br2N2OS. The standard InChI is InChI=1S/C15H16Br2N2OS/c1-10-7-11(16)3-4-13(10)18-15(20)9-19(2)8-14-12(17)5-6-21-14/h3-7H,8-9H2,1-2H3,(H,18,20). The molecule has 1 aromatic carbocycles. The molecule has 0 aliphatic heterocycles. The third-order valence-corrected chi connectivity index (χ3v) is 5.38. The number of rotatable bonds is 5. The number of nitrogens with one attached hydrogen (secondary N) is 1. The van der Waals surface area contributed by atoms with Crippen molar-refractivity contribution in [3.8, 4) is 0 Å². The lowest BCUT2D eigenvalue weighted by Crippen LogP contribution is -2.29. The van der Waals surface area contributed by atoms with Crippen LogP contribution >= 0.6 is 43.2 Å². The molecule has 21 heavy (non-hydrogen) atoms. The zero-order valence-corrected chi connectivity index (χ0v) is 15.8. The Hall–Kier alpha value is -0.690. The van der Waals surface area contributed by atoms with Crippen LogP contribution in [-0.4, -0.2) is 24.4 Å². The Kier molecular flexibility index (Phi) is 5.98. The highest BCUT2D eigenvalue weighted by molar-refractivity contribution is 9.10. The molecule has 0 radical (unpaired) electrons. The van der Waals surface area contributed by atoms with Crippen LogP contribution in [-0.2, 0) is 11.3 Å². The minimum absolute atomic E-state index is 0.00407. The number of anilines is 1. The van der Waals surface area contributed by atoms with Crippen LogP contribution in [0.5, 0.6) is 0 Å². The van der Waals surface area contributed by atoms with Gasteiger partial charge in [0.2, 0.25) is 5.91 Å². The molecule has 2 aromatic rings. The van der Waals surface area contributed by atoms with Crippen molar-refractivity contribution < 1.29 is 4.79 Å². The number of hydrogen-bond acceptors (Lipinski definition) is 3. The Morgan fingerprint density at radius 2 is 2.10 bits per heavy atom. The normalized spacial score (nSPS) is 10.9. The predicted molar refractivity (Wildman–Crippen MR) is 95.9 cm³/mol. The van der Waals surface area contributed by atoms with Crippen molar-refractivity contribution in [1.29, 1.82) is 0 Å². The first kappa shape index (κ1) is 16.7. The third kappa shape index (κ3) is 4.92. The second kappa shape index (κ2) is 7.54. The number of carbonyl (C=O) groups excluding carboxylic acids is 1. The molecule has 1 N–H and O–H groups in total. The van der Waals surface area contributed by atoms with E-state index in [-0.39, 0.29) is 5.91 Å². The predicted octanol–water partition coefficient (Wildman–Crippen LogP) is 4.65. The molecule has 3 nitrogen and oxygen atoms in total. The first-order chi connectivity index (χ1) is 9.95. The SMILES string of the molecule is Cc1cc(Br)ccc1NC(=O)CN(C)Cc1sccc1Br. The number of likely N-dealkylation sites (N-methyl/N-ethyl adjacent to an activating group) is 1. The molecule has 1 heterocycles. The van der Waals surface area contributed by atoms with Crippen molar-refractivity contribution >= 4 is 54.8 Å². The van der Waals surface area contributed by atoms with Gasteiger partial charge in [0.05, 0.1) is 6.54 Å². The minimum atomic E-state index is -0.00407. The van der Waals surface area contributed by atoms with Crippen LogP contribution in [0.1, 0.15) is 10.4 Å². The molecule has 0 aliphatic carbocycles. The maximum atomic E-state index is 12.1. The number of halogens is 2. The number of nitrogens with zero attached hydrogens (tertiary/aromatic N) is 1. The summed E-state index contributed by atoms with van der Waals surface area (Å²) in [5.41, 5.74) is 1.90. The average molecular weight is 432 g/mol. The van der Waals surface area contributed by atoms with Gasteiger partial charge in [0.1, 0.15) is 0 Å². The van der Waals surface area contributed by atoms with Crippen LogP contribution in [0, 0.1) is 6.92 Å². The summed E-state index contributed by atoms with van der Waals surface area (Å²) in [5, 5.41) is 4.99. The van der Waals surface area contributed by atoms with E-state index in [0.717, 1.165) is 26.7 Å². The fourth-order valence-corrected chi connectivity index (χ4v) is 3.97. The topological polar surface area (TPSA) is 32.3 Å². The van der Waals surface area contributed by atoms with E-state index in [0.29, 0.717) is 6.54 Å². The molecule has 0 spiro atoms. The molecule has 0 fully saturated rings. The van der Waals surface area contributed by atoms with Crippen LogP contribution in [0.3, 0.4) is 0 Å². The zero-order chi connectivity index (χ0) is 15.4. The van der Waals surface area contributed by atoms with Gasteiger partial charge in [-0.05, 0) is 65.1 Å². The summed E-state index contributed by atoms with van der Waals surface area (Å²) in [5.74, 6) is -0.00407. The highest BCUT2D eigenvalue weighted by atomic mass is 79.9. The Labute approximate surface area is 145 Å². The lowest BCUT2D eigenvalue weighted by atomic mass is 10.2. The maximum absolute atomic E-state index is 12.1. The number of hydrogen-bond donors (Lipinski definition) is 1. The minimum Gasteiger partial charge on any atom is -0.325 e. The molecule has 1 aromatic heterocycles. The maximum Gasteiger partial charge on any atom is 0.238 e. The van der Waals surface area contributed by atoms with Crippen molar-refractivity contribution in [2.24, 2.45) is 0 Å². The van der Waals surface area contributed by atoms with Crippen molar-refractivity contribution in [2.45, 2.75) is 13.5 Å². The van der Waals surface area contributed by atoms with Crippen LogP contribution in [0.2, 0.25) is 0 Å². The van der Waals surface area contributed by atoms with E-state index in [2.05, 4.69) is 37.2 Å². The Morgan fingerprint density at radius 3 is 2.71 bits per heavy atom. The fraction of sp³-hybridized carbons (Fsp3) is 0.267. The molecule has 1 amide bonds. The van der Waals surface area contributed by atoms with Crippen molar-refractivity contribution in [3.05, 3.63) is 49.0 Å². The van der Waals surface area contributed by atoms with Gasteiger partial charge in [-0.15, -0.1) is 11.3 Å². The van der Waals surface area contributed by atoms with E-state index in [1.807, 2.05) is 48.5 Å². The Balaban J connectivity index is 1.90. The van der Waals surface area contributed by atoms with Crippen molar-refractivity contribution in [1.82, 2.24) is 4.90 Å². The molecule has 112 valence electrons. The van der Waals surface area contributed by atoms with Crippen molar-refractivity contribution in [2.75, 3.05) is 18.9 Å². The molecule has 0 atom stereocenters. The van der Waals surface area contributed by atoms with Crippen LogP contribution in [0.15, 0.2) is 38.6 Å². The molecule has 0 bridgehead atoms. The second-order valence-corrected chi connectivity index (χ2v) is 7.64. The Morgan fingerprint density at radius 1 is 1.33 bits per heavy atom. The number of benzene rings is 1. The molecular weight excluding hydrogens is 416 g/mol. The summed E-state index contributed by atoms with van der Waals surface area (Å²) >= 11 is 8.62. The number of thiophene rings is 1. The largest absolute Gasteiger partial charge is 0.325 e. The summed E-state index contributed by atoms with van der Waals surface area (Å²) in [4.78, 5) is 15.3. The average Bonchev–Trinajstić information content (AvgIpc) is 2.78. The Bertz CT molecular complexity index is 642. The molecule has 0 aliphatic rings. The zero-order valence-electron chi connectivity index (χ0n) is 11.8. The highest BCUT2D eigenvalue weighted by Crippen LogP contribution is 2.24. The van der Waals surface area contributed by atoms with Gasteiger partial charge in [0, 0.05) is 26.1 Å². The molecule has 6 heteroatoms. The van der Waals surface area contributed by atoms with Gasteiger partial charge >= 0.3 is 0 Å². The van der Waals surface area contributed by atoms with E-state index in [4.69, 9.17) is 0 Å². The van der Waals surface area contributed by atoms with Gasteiger partial charge in [-0.2, -0.15) is 0 Å². The summed E-state index contributed by atoms with van der Waals surface area (Å²) < 4.78 is 2.11. The van der Waals surface area contributed by atoms with Gasteiger partial charge in [-0.25, -0.2) is 0 Å². The lowest BCUT2D eigenvalue weighted by molar-refractivity contribution is -0.117. The van der Waals surface area contributed by atoms with Gasteiger partial charge in [-0.1, -0.05) is 15.9 Å². The quantitative estimate of drug-likeness (QED) is 0.746. The van der Waals surface area contributed by atoms with E-state index < -0.39 is 0 Å². The number of carbonyl (C=O) groups is 1. The van der Waals surface area contributed by atoms with Crippen LogP contribution < -0.4 is 5.32 Å². The van der Waals surface area contributed by atoms with E-state index in [1.165, 1.54) is 4.88 Å². The third-order valence-electron chi connectivity index (χ3n) is 2.98.